The fourth-order valence-corrected chi connectivity index (χ4v) is 3.47. The van der Waals surface area contributed by atoms with Crippen molar-refractivity contribution in [2.75, 3.05) is 31.1 Å². The van der Waals surface area contributed by atoms with E-state index in [1.165, 1.54) is 0 Å². The molecule has 1 amide bonds. The number of hydrogen-bond acceptors (Lipinski definition) is 5. The van der Waals surface area contributed by atoms with Crippen LogP contribution in [0.15, 0.2) is 73.1 Å². The van der Waals surface area contributed by atoms with Crippen molar-refractivity contribution in [3.05, 3.63) is 84.2 Å². The second-order valence-electron chi connectivity index (χ2n) is 7.20. The standard InChI is InChI=1S/C24H23N3O3/c1-18(28)19-4-8-21(9-5-19)26-13-15-27(16-14-26)24(29)20-6-10-22(11-7-20)30-23-3-2-12-25-17-23/h2-12,17H,13-16H2,1H3. The van der Waals surface area contributed by atoms with E-state index in [1.807, 2.05) is 41.3 Å². The molecule has 2 aromatic carbocycles. The molecular weight excluding hydrogens is 378 g/mol. The van der Waals surface area contributed by atoms with E-state index in [0.29, 0.717) is 35.7 Å². The number of carbonyl (C=O) groups excluding carboxylic acids is 2. The van der Waals surface area contributed by atoms with E-state index in [0.717, 1.165) is 18.8 Å². The molecule has 0 bridgehead atoms. The van der Waals surface area contributed by atoms with Gasteiger partial charge >= 0.3 is 0 Å². The van der Waals surface area contributed by atoms with Crippen LogP contribution in [0.1, 0.15) is 27.6 Å². The number of nitrogens with zero attached hydrogens (tertiary/aromatic N) is 3. The molecule has 0 saturated carbocycles. The number of aromatic nitrogens is 1. The van der Waals surface area contributed by atoms with Crippen molar-refractivity contribution >= 4 is 17.4 Å². The summed E-state index contributed by atoms with van der Waals surface area (Å²) in [6.45, 7) is 4.39. The van der Waals surface area contributed by atoms with Crippen LogP contribution < -0.4 is 9.64 Å². The summed E-state index contributed by atoms with van der Waals surface area (Å²) in [5.41, 5.74) is 2.43. The number of carbonyl (C=O) groups is 2. The Morgan fingerprint density at radius 2 is 1.50 bits per heavy atom. The molecule has 152 valence electrons. The van der Waals surface area contributed by atoms with Crippen molar-refractivity contribution in [3.63, 3.8) is 0 Å². The van der Waals surface area contributed by atoms with Gasteiger partial charge in [-0.15, -0.1) is 0 Å². The summed E-state index contributed by atoms with van der Waals surface area (Å²) in [4.78, 5) is 32.4. The fourth-order valence-electron chi connectivity index (χ4n) is 3.47. The van der Waals surface area contributed by atoms with E-state index in [-0.39, 0.29) is 11.7 Å². The van der Waals surface area contributed by atoms with E-state index in [1.54, 1.807) is 43.6 Å². The Hall–Kier alpha value is -3.67. The number of benzene rings is 2. The summed E-state index contributed by atoms with van der Waals surface area (Å²) in [7, 11) is 0. The van der Waals surface area contributed by atoms with Gasteiger partial charge < -0.3 is 14.5 Å². The molecule has 1 fully saturated rings. The lowest BCUT2D eigenvalue weighted by atomic mass is 10.1. The molecule has 6 heteroatoms. The Morgan fingerprint density at radius 1 is 0.833 bits per heavy atom. The van der Waals surface area contributed by atoms with Gasteiger partial charge in [-0.1, -0.05) is 0 Å². The van der Waals surface area contributed by atoms with E-state index in [9.17, 15) is 9.59 Å². The zero-order valence-electron chi connectivity index (χ0n) is 16.8. The predicted octanol–water partition coefficient (Wildman–Crippen LogP) is 4.04. The third-order valence-corrected chi connectivity index (χ3v) is 5.18. The van der Waals surface area contributed by atoms with Gasteiger partial charge in [-0.25, -0.2) is 0 Å². The number of Topliss-reactive ketones (excluding diaryl/α,β-unsaturated/α-hetero) is 1. The Labute approximate surface area is 175 Å². The van der Waals surface area contributed by atoms with E-state index < -0.39 is 0 Å². The zero-order chi connectivity index (χ0) is 20.9. The first-order valence-electron chi connectivity index (χ1n) is 9.93. The lowest BCUT2D eigenvalue weighted by Gasteiger charge is -2.36. The van der Waals surface area contributed by atoms with Crippen LogP contribution in [0.5, 0.6) is 11.5 Å². The highest BCUT2D eigenvalue weighted by Crippen LogP contribution is 2.22. The van der Waals surface area contributed by atoms with Crippen molar-refractivity contribution in [2.24, 2.45) is 0 Å². The third-order valence-electron chi connectivity index (χ3n) is 5.18. The highest BCUT2D eigenvalue weighted by Gasteiger charge is 2.22. The molecule has 4 rings (SSSR count). The molecule has 0 radical (unpaired) electrons. The highest BCUT2D eigenvalue weighted by atomic mass is 16.5. The highest BCUT2D eigenvalue weighted by molar-refractivity contribution is 5.95. The molecule has 2 heterocycles. The summed E-state index contributed by atoms with van der Waals surface area (Å²) >= 11 is 0. The number of hydrogen-bond donors (Lipinski definition) is 0. The molecule has 0 spiro atoms. The normalized spacial score (nSPS) is 13.8. The molecule has 1 aliphatic heterocycles. The van der Waals surface area contributed by atoms with Crippen LogP contribution in [0.3, 0.4) is 0 Å². The summed E-state index contributed by atoms with van der Waals surface area (Å²) < 4.78 is 5.73. The Morgan fingerprint density at radius 3 is 2.10 bits per heavy atom. The maximum absolute atomic E-state index is 12.9. The Bertz CT molecular complexity index is 1010. The first-order valence-corrected chi connectivity index (χ1v) is 9.93. The molecule has 1 saturated heterocycles. The summed E-state index contributed by atoms with van der Waals surface area (Å²) in [5.74, 6) is 1.41. The first-order chi connectivity index (χ1) is 14.6. The van der Waals surface area contributed by atoms with Crippen LogP contribution >= 0.6 is 0 Å². The maximum atomic E-state index is 12.9. The van der Waals surface area contributed by atoms with E-state index >= 15 is 0 Å². The summed E-state index contributed by atoms with van der Waals surface area (Å²) in [6.07, 6.45) is 3.34. The quantitative estimate of drug-likeness (QED) is 0.604. The average Bonchev–Trinajstić information content (AvgIpc) is 2.80. The molecule has 6 nitrogen and oxygen atoms in total. The lowest BCUT2D eigenvalue weighted by Crippen LogP contribution is -2.48. The zero-order valence-corrected chi connectivity index (χ0v) is 16.8. The molecule has 0 atom stereocenters. The van der Waals surface area contributed by atoms with E-state index in [4.69, 9.17) is 4.74 Å². The van der Waals surface area contributed by atoms with Crippen LogP contribution in [-0.4, -0.2) is 47.8 Å². The molecule has 30 heavy (non-hydrogen) atoms. The Balaban J connectivity index is 1.34. The molecule has 1 aliphatic rings. The minimum absolute atomic E-state index is 0.0227. The van der Waals surface area contributed by atoms with Gasteiger partial charge in [0.05, 0.1) is 6.20 Å². The molecule has 0 unspecified atom stereocenters. The number of ether oxygens (including phenoxy) is 1. The largest absolute Gasteiger partial charge is 0.456 e. The van der Waals surface area contributed by atoms with Crippen LogP contribution in [0.4, 0.5) is 5.69 Å². The first kappa shape index (κ1) is 19.6. The topological polar surface area (TPSA) is 62.7 Å². The smallest absolute Gasteiger partial charge is 0.253 e. The predicted molar refractivity (Wildman–Crippen MR) is 115 cm³/mol. The number of anilines is 1. The number of rotatable bonds is 5. The van der Waals surface area contributed by atoms with Crippen molar-refractivity contribution in [2.45, 2.75) is 6.92 Å². The van der Waals surface area contributed by atoms with Gasteiger partial charge in [-0.3, -0.25) is 14.6 Å². The summed E-state index contributed by atoms with van der Waals surface area (Å²) in [5, 5.41) is 0. The van der Waals surface area contributed by atoms with Crippen LogP contribution in [-0.2, 0) is 0 Å². The van der Waals surface area contributed by atoms with Crippen molar-refractivity contribution in [1.29, 1.82) is 0 Å². The number of amides is 1. The van der Waals surface area contributed by atoms with Gasteiger partial charge in [-0.05, 0) is 67.6 Å². The number of pyridine rings is 1. The molecule has 0 N–H and O–H groups in total. The second-order valence-corrected chi connectivity index (χ2v) is 7.20. The minimum atomic E-state index is 0.0227. The minimum Gasteiger partial charge on any atom is -0.456 e. The number of piperazine rings is 1. The SMILES string of the molecule is CC(=O)c1ccc(N2CCN(C(=O)c3ccc(Oc4cccnc4)cc3)CC2)cc1. The summed E-state index contributed by atoms with van der Waals surface area (Å²) in [6, 6.07) is 18.5. The van der Waals surface area contributed by atoms with Crippen molar-refractivity contribution in [1.82, 2.24) is 9.88 Å². The van der Waals surface area contributed by atoms with Crippen LogP contribution in [0.25, 0.3) is 0 Å². The lowest BCUT2D eigenvalue weighted by molar-refractivity contribution is 0.0746. The third kappa shape index (κ3) is 4.49. The van der Waals surface area contributed by atoms with Crippen molar-refractivity contribution in [3.8, 4) is 11.5 Å². The van der Waals surface area contributed by atoms with Gasteiger partial charge in [0.1, 0.15) is 11.5 Å². The molecule has 1 aromatic heterocycles. The monoisotopic (exact) mass is 401 g/mol. The number of ketones is 1. The second kappa shape index (κ2) is 8.78. The van der Waals surface area contributed by atoms with Crippen LogP contribution in [0, 0.1) is 0 Å². The van der Waals surface area contributed by atoms with Gasteiger partial charge in [0, 0.05) is 49.2 Å². The molecule has 0 aliphatic carbocycles. The van der Waals surface area contributed by atoms with Gasteiger partial charge in [0.15, 0.2) is 5.78 Å². The fraction of sp³-hybridized carbons (Fsp3) is 0.208. The van der Waals surface area contributed by atoms with Gasteiger partial charge in [-0.2, -0.15) is 0 Å². The van der Waals surface area contributed by atoms with E-state index in [2.05, 4.69) is 9.88 Å². The van der Waals surface area contributed by atoms with Crippen molar-refractivity contribution < 1.29 is 14.3 Å². The average molecular weight is 401 g/mol. The molecule has 3 aromatic rings. The molecular formula is C24H23N3O3. The van der Waals surface area contributed by atoms with Gasteiger partial charge in [0.25, 0.3) is 5.91 Å². The van der Waals surface area contributed by atoms with Crippen LogP contribution in [0.2, 0.25) is 0 Å². The van der Waals surface area contributed by atoms with Gasteiger partial charge in [0.2, 0.25) is 0 Å². The Kier molecular flexibility index (Phi) is 5.75. The maximum Gasteiger partial charge on any atom is 0.253 e.